The molecule has 1 unspecified atom stereocenters. The monoisotopic (exact) mass is 377 g/mol. The van der Waals surface area contributed by atoms with E-state index in [2.05, 4.69) is 15.3 Å². The first-order valence-corrected chi connectivity index (χ1v) is 9.61. The molecule has 7 nitrogen and oxygen atoms in total. The minimum atomic E-state index is -0.642. The summed E-state index contributed by atoms with van der Waals surface area (Å²) >= 11 is 1.45. The fourth-order valence-corrected chi connectivity index (χ4v) is 4.52. The van der Waals surface area contributed by atoms with Crippen LogP contribution in [0.5, 0.6) is 0 Å². The highest BCUT2D eigenvalue weighted by Crippen LogP contribution is 2.29. The summed E-state index contributed by atoms with van der Waals surface area (Å²) in [5.74, 6) is -0.321. The van der Waals surface area contributed by atoms with E-state index in [4.69, 9.17) is 4.74 Å². The summed E-state index contributed by atoms with van der Waals surface area (Å²) < 4.78 is 5.36. The number of hydrogen-bond acceptors (Lipinski definition) is 6. The molecular weight excluding hydrogens is 354 g/mol. The number of fused-ring (bicyclic) bond motifs is 1. The maximum atomic E-state index is 12.5. The average Bonchev–Trinajstić information content (AvgIpc) is 3.19. The Morgan fingerprint density at radius 2 is 2.04 bits per heavy atom. The topological polar surface area (TPSA) is 101 Å². The second-order valence-corrected chi connectivity index (χ2v) is 8.01. The SMILES string of the molecule is CC(=O)NC(C(=O)OCc1nc2sc(C)c(C)c2c(=O)[nH]1)C1CCCC1. The molecule has 140 valence electrons. The number of carbonyl (C=O) groups excluding carboxylic acids is 2. The molecule has 1 atom stereocenters. The largest absolute Gasteiger partial charge is 0.456 e. The van der Waals surface area contributed by atoms with Gasteiger partial charge in [0.1, 0.15) is 23.3 Å². The number of aryl methyl sites for hydroxylation is 2. The lowest BCUT2D eigenvalue weighted by molar-refractivity contribution is -0.150. The van der Waals surface area contributed by atoms with E-state index in [9.17, 15) is 14.4 Å². The van der Waals surface area contributed by atoms with Crippen molar-refractivity contribution in [1.82, 2.24) is 15.3 Å². The first kappa shape index (κ1) is 18.6. The van der Waals surface area contributed by atoms with Gasteiger partial charge in [-0.05, 0) is 38.2 Å². The van der Waals surface area contributed by atoms with E-state index in [-0.39, 0.29) is 24.0 Å². The third-order valence-electron chi connectivity index (χ3n) is 4.92. The third kappa shape index (κ3) is 3.80. The van der Waals surface area contributed by atoms with Crippen molar-refractivity contribution >= 4 is 33.4 Å². The van der Waals surface area contributed by atoms with Gasteiger partial charge in [0.25, 0.3) is 5.56 Å². The molecule has 8 heteroatoms. The first-order chi connectivity index (χ1) is 12.4. The summed E-state index contributed by atoms with van der Waals surface area (Å²) in [6.07, 6.45) is 3.90. The molecule has 1 amide bonds. The smallest absolute Gasteiger partial charge is 0.329 e. The Balaban J connectivity index is 1.74. The van der Waals surface area contributed by atoms with Gasteiger partial charge in [-0.2, -0.15) is 0 Å². The Labute approximate surface area is 155 Å². The zero-order chi connectivity index (χ0) is 18.8. The number of nitrogens with one attached hydrogen (secondary N) is 2. The van der Waals surface area contributed by atoms with Gasteiger partial charge in [0.05, 0.1) is 5.39 Å². The van der Waals surface area contributed by atoms with Crippen molar-refractivity contribution in [2.24, 2.45) is 5.92 Å². The van der Waals surface area contributed by atoms with Crippen LogP contribution in [0.2, 0.25) is 0 Å². The van der Waals surface area contributed by atoms with Gasteiger partial charge in [-0.1, -0.05) is 12.8 Å². The first-order valence-electron chi connectivity index (χ1n) is 8.79. The van der Waals surface area contributed by atoms with Gasteiger partial charge >= 0.3 is 5.97 Å². The van der Waals surface area contributed by atoms with Crippen molar-refractivity contribution in [3.63, 3.8) is 0 Å². The van der Waals surface area contributed by atoms with Crippen LogP contribution in [0.15, 0.2) is 4.79 Å². The van der Waals surface area contributed by atoms with Crippen LogP contribution in [0.3, 0.4) is 0 Å². The molecule has 2 N–H and O–H groups in total. The Hall–Kier alpha value is -2.22. The molecule has 2 heterocycles. The van der Waals surface area contributed by atoms with Crippen molar-refractivity contribution in [2.45, 2.75) is 59.1 Å². The molecule has 2 aromatic rings. The fourth-order valence-electron chi connectivity index (χ4n) is 3.48. The van der Waals surface area contributed by atoms with Crippen LogP contribution in [0.25, 0.3) is 10.2 Å². The van der Waals surface area contributed by atoms with Gasteiger partial charge in [-0.3, -0.25) is 9.59 Å². The number of ether oxygens (including phenoxy) is 1. The molecule has 26 heavy (non-hydrogen) atoms. The van der Waals surface area contributed by atoms with E-state index in [1.807, 2.05) is 13.8 Å². The van der Waals surface area contributed by atoms with Crippen LogP contribution in [0.4, 0.5) is 0 Å². The molecule has 0 spiro atoms. The summed E-state index contributed by atoms with van der Waals surface area (Å²) in [4.78, 5) is 45.0. The molecule has 0 aromatic carbocycles. The van der Waals surface area contributed by atoms with Crippen molar-refractivity contribution in [1.29, 1.82) is 0 Å². The van der Waals surface area contributed by atoms with Crippen LogP contribution in [-0.4, -0.2) is 27.9 Å². The summed E-state index contributed by atoms with van der Waals surface area (Å²) in [7, 11) is 0. The maximum absolute atomic E-state index is 12.5. The molecule has 0 aliphatic heterocycles. The van der Waals surface area contributed by atoms with Crippen LogP contribution >= 0.6 is 11.3 Å². The zero-order valence-corrected chi connectivity index (χ0v) is 16.0. The van der Waals surface area contributed by atoms with Crippen LogP contribution < -0.4 is 10.9 Å². The minimum Gasteiger partial charge on any atom is -0.456 e. The van der Waals surface area contributed by atoms with Crippen LogP contribution in [0.1, 0.15) is 48.9 Å². The van der Waals surface area contributed by atoms with E-state index in [0.29, 0.717) is 16.0 Å². The van der Waals surface area contributed by atoms with Crippen molar-refractivity contribution in [3.05, 3.63) is 26.6 Å². The predicted molar refractivity (Wildman–Crippen MR) is 99.1 cm³/mol. The number of rotatable bonds is 5. The summed E-state index contributed by atoms with van der Waals surface area (Å²) in [6, 6.07) is -0.642. The summed E-state index contributed by atoms with van der Waals surface area (Å²) in [5, 5.41) is 3.29. The van der Waals surface area contributed by atoms with Crippen molar-refractivity contribution in [2.75, 3.05) is 0 Å². The van der Waals surface area contributed by atoms with E-state index >= 15 is 0 Å². The number of H-pyrrole nitrogens is 1. The number of thiophene rings is 1. The van der Waals surface area contributed by atoms with E-state index in [0.717, 1.165) is 36.1 Å². The Kier molecular flexibility index (Phi) is 5.41. The quantitative estimate of drug-likeness (QED) is 0.779. The molecule has 1 aliphatic carbocycles. The van der Waals surface area contributed by atoms with Gasteiger partial charge in [0.2, 0.25) is 5.91 Å². The molecule has 0 radical (unpaired) electrons. The van der Waals surface area contributed by atoms with Crippen LogP contribution in [-0.2, 0) is 20.9 Å². The molecule has 1 saturated carbocycles. The molecule has 1 fully saturated rings. The number of esters is 1. The minimum absolute atomic E-state index is 0.100. The Bertz CT molecular complexity index is 896. The predicted octanol–water partition coefficient (Wildman–Crippen LogP) is 2.34. The Morgan fingerprint density at radius 1 is 1.35 bits per heavy atom. The highest BCUT2D eigenvalue weighted by atomic mass is 32.1. The van der Waals surface area contributed by atoms with Crippen molar-refractivity contribution < 1.29 is 14.3 Å². The van der Waals surface area contributed by atoms with Crippen molar-refractivity contribution in [3.8, 4) is 0 Å². The van der Waals surface area contributed by atoms with Gasteiger partial charge in [-0.15, -0.1) is 11.3 Å². The van der Waals surface area contributed by atoms with E-state index in [1.54, 1.807) is 0 Å². The summed E-state index contributed by atoms with van der Waals surface area (Å²) in [6.45, 7) is 5.11. The zero-order valence-electron chi connectivity index (χ0n) is 15.2. The third-order valence-corrected chi connectivity index (χ3v) is 6.02. The number of aromatic amines is 1. The number of aromatic nitrogens is 2. The molecule has 1 aliphatic rings. The lowest BCUT2D eigenvalue weighted by atomic mass is 9.98. The molecule has 2 aromatic heterocycles. The summed E-state index contributed by atoms with van der Waals surface area (Å²) in [5.41, 5.74) is 0.700. The Morgan fingerprint density at radius 3 is 2.69 bits per heavy atom. The molecular formula is C18H23N3O4S. The number of carbonyl (C=O) groups is 2. The standard InChI is InChI=1S/C18H23N3O4S/c1-9-10(2)26-17-14(9)16(23)20-13(21-17)8-25-18(24)15(19-11(3)22)12-6-4-5-7-12/h12,15H,4-8H2,1-3H3,(H,19,22)(H,20,21,23). The lowest BCUT2D eigenvalue weighted by Crippen LogP contribution is -2.45. The second-order valence-electron chi connectivity index (χ2n) is 6.81. The highest BCUT2D eigenvalue weighted by molar-refractivity contribution is 7.18. The van der Waals surface area contributed by atoms with Gasteiger partial charge < -0.3 is 15.0 Å². The van der Waals surface area contributed by atoms with Gasteiger partial charge in [-0.25, -0.2) is 9.78 Å². The van der Waals surface area contributed by atoms with Crippen LogP contribution in [0, 0.1) is 19.8 Å². The normalized spacial score (nSPS) is 16.0. The maximum Gasteiger partial charge on any atom is 0.329 e. The van der Waals surface area contributed by atoms with Gasteiger partial charge in [0.15, 0.2) is 0 Å². The van der Waals surface area contributed by atoms with E-state index < -0.39 is 12.0 Å². The fraction of sp³-hybridized carbons (Fsp3) is 0.556. The molecule has 0 saturated heterocycles. The highest BCUT2D eigenvalue weighted by Gasteiger charge is 2.32. The van der Waals surface area contributed by atoms with Gasteiger partial charge in [0, 0.05) is 11.8 Å². The average molecular weight is 377 g/mol. The second kappa shape index (κ2) is 7.57. The number of hydrogen-bond donors (Lipinski definition) is 2. The number of amides is 1. The van der Waals surface area contributed by atoms with E-state index in [1.165, 1.54) is 18.3 Å². The lowest BCUT2D eigenvalue weighted by Gasteiger charge is -2.22. The molecule has 3 rings (SSSR count). The number of nitrogens with zero attached hydrogens (tertiary/aromatic N) is 1. The molecule has 0 bridgehead atoms.